The summed E-state index contributed by atoms with van der Waals surface area (Å²) in [5, 5.41) is 15.2. The van der Waals surface area contributed by atoms with Gasteiger partial charge in [-0.25, -0.2) is 0 Å². The monoisotopic (exact) mass is 304 g/mol. The number of rotatable bonds is 7. The first kappa shape index (κ1) is 17.5. The van der Waals surface area contributed by atoms with Crippen molar-refractivity contribution in [3.8, 4) is 0 Å². The van der Waals surface area contributed by atoms with Gasteiger partial charge in [-0.05, 0) is 31.6 Å². The number of benzene rings is 1. The molecular weight excluding hydrogens is 285 g/mol. The summed E-state index contributed by atoms with van der Waals surface area (Å²) in [5.41, 5.74) is -0.524. The number of carbonyl (C=O) groups excluding carboxylic acids is 1. The SMILES string of the molecule is CNCCCNC(=O)C(O)Cc1cccc(C(F)(F)F)c1. The predicted octanol–water partition coefficient (Wildman–Crippen LogP) is 1.33. The second-order valence-corrected chi connectivity index (χ2v) is 4.67. The van der Waals surface area contributed by atoms with Crippen LogP contribution >= 0.6 is 0 Å². The Hall–Kier alpha value is -1.60. The standard InChI is InChI=1S/C14H19F3N2O2/c1-18-6-3-7-19-13(21)12(20)9-10-4-2-5-11(8-10)14(15,16)17/h2,4-5,8,12,18,20H,3,6-7,9H2,1H3,(H,19,21). The van der Waals surface area contributed by atoms with Crippen molar-refractivity contribution in [2.75, 3.05) is 20.1 Å². The maximum Gasteiger partial charge on any atom is 0.416 e. The van der Waals surface area contributed by atoms with Gasteiger partial charge in [0.1, 0.15) is 6.10 Å². The highest BCUT2D eigenvalue weighted by Gasteiger charge is 2.30. The van der Waals surface area contributed by atoms with Gasteiger partial charge < -0.3 is 15.7 Å². The van der Waals surface area contributed by atoms with Gasteiger partial charge >= 0.3 is 6.18 Å². The van der Waals surface area contributed by atoms with Crippen LogP contribution in [0.2, 0.25) is 0 Å². The van der Waals surface area contributed by atoms with Crippen LogP contribution in [0.3, 0.4) is 0 Å². The molecule has 0 bridgehead atoms. The maximum atomic E-state index is 12.6. The number of halogens is 3. The Bertz CT molecular complexity index is 464. The number of hydrogen-bond donors (Lipinski definition) is 3. The number of hydrogen-bond acceptors (Lipinski definition) is 3. The van der Waals surface area contributed by atoms with Crippen molar-refractivity contribution in [2.24, 2.45) is 0 Å². The molecule has 3 N–H and O–H groups in total. The van der Waals surface area contributed by atoms with Gasteiger partial charge in [-0.1, -0.05) is 18.2 Å². The lowest BCUT2D eigenvalue weighted by molar-refractivity contribution is -0.137. The molecule has 1 atom stereocenters. The first-order chi connectivity index (χ1) is 9.84. The van der Waals surface area contributed by atoms with Crippen molar-refractivity contribution in [3.05, 3.63) is 35.4 Å². The fraction of sp³-hybridized carbons (Fsp3) is 0.500. The molecule has 1 unspecified atom stereocenters. The number of aliphatic hydroxyl groups is 1. The molecule has 118 valence electrons. The minimum atomic E-state index is -4.43. The second-order valence-electron chi connectivity index (χ2n) is 4.67. The minimum absolute atomic E-state index is 0.151. The average Bonchev–Trinajstić information content (AvgIpc) is 2.42. The Morgan fingerprint density at radius 2 is 2.05 bits per heavy atom. The first-order valence-electron chi connectivity index (χ1n) is 6.61. The van der Waals surface area contributed by atoms with Gasteiger partial charge in [0.05, 0.1) is 5.56 Å². The van der Waals surface area contributed by atoms with E-state index >= 15 is 0 Å². The third kappa shape index (κ3) is 6.14. The summed E-state index contributed by atoms with van der Waals surface area (Å²) in [6.45, 7) is 1.13. The molecule has 21 heavy (non-hydrogen) atoms. The van der Waals surface area contributed by atoms with E-state index in [4.69, 9.17) is 0 Å². The normalized spacial score (nSPS) is 13.0. The molecule has 1 aromatic carbocycles. The van der Waals surface area contributed by atoms with Crippen molar-refractivity contribution in [2.45, 2.75) is 25.1 Å². The van der Waals surface area contributed by atoms with Crippen LogP contribution in [0.15, 0.2) is 24.3 Å². The molecule has 0 saturated heterocycles. The van der Waals surface area contributed by atoms with Gasteiger partial charge in [-0.2, -0.15) is 13.2 Å². The van der Waals surface area contributed by atoms with E-state index in [0.717, 1.165) is 18.7 Å². The molecule has 7 heteroatoms. The van der Waals surface area contributed by atoms with Crippen molar-refractivity contribution in [1.29, 1.82) is 0 Å². The van der Waals surface area contributed by atoms with Gasteiger partial charge in [0.15, 0.2) is 0 Å². The molecule has 0 heterocycles. The molecule has 0 fully saturated rings. The third-order valence-corrected chi connectivity index (χ3v) is 2.89. The van der Waals surface area contributed by atoms with Crippen LogP contribution < -0.4 is 10.6 Å². The Balaban J connectivity index is 2.54. The van der Waals surface area contributed by atoms with Crippen molar-refractivity contribution < 1.29 is 23.1 Å². The van der Waals surface area contributed by atoms with Crippen LogP contribution in [0.1, 0.15) is 17.5 Å². The van der Waals surface area contributed by atoms with E-state index in [1.807, 2.05) is 0 Å². The van der Waals surface area contributed by atoms with Crippen LogP contribution in [-0.2, 0) is 17.4 Å². The van der Waals surface area contributed by atoms with E-state index in [-0.39, 0.29) is 12.0 Å². The highest BCUT2D eigenvalue weighted by Crippen LogP contribution is 2.29. The summed E-state index contributed by atoms with van der Waals surface area (Å²) in [6, 6.07) is 4.60. The Kier molecular flexibility index (Phi) is 6.64. The number of amides is 1. The minimum Gasteiger partial charge on any atom is -0.383 e. The Morgan fingerprint density at radius 3 is 2.67 bits per heavy atom. The lowest BCUT2D eigenvalue weighted by atomic mass is 10.0. The molecule has 0 aromatic heterocycles. The summed E-state index contributed by atoms with van der Waals surface area (Å²) in [4.78, 5) is 11.6. The summed E-state index contributed by atoms with van der Waals surface area (Å²) in [5.74, 6) is -0.580. The van der Waals surface area contributed by atoms with Gasteiger partial charge in [-0.3, -0.25) is 4.79 Å². The number of alkyl halides is 3. The molecular formula is C14H19F3N2O2. The summed E-state index contributed by atoms with van der Waals surface area (Å²) in [6.07, 6.45) is -5.24. The molecule has 0 aliphatic carbocycles. The molecule has 0 aliphatic rings. The van der Waals surface area contributed by atoms with Crippen LogP contribution in [0.4, 0.5) is 13.2 Å². The average molecular weight is 304 g/mol. The number of carbonyl (C=O) groups is 1. The van der Waals surface area contributed by atoms with Crippen LogP contribution in [0.25, 0.3) is 0 Å². The first-order valence-corrected chi connectivity index (χ1v) is 6.61. The molecule has 1 aromatic rings. The van der Waals surface area contributed by atoms with Crippen molar-refractivity contribution in [3.63, 3.8) is 0 Å². The Labute approximate surface area is 121 Å². The molecule has 1 rings (SSSR count). The summed E-state index contributed by atoms with van der Waals surface area (Å²) < 4.78 is 37.7. The maximum absolute atomic E-state index is 12.6. The zero-order chi connectivity index (χ0) is 15.9. The highest BCUT2D eigenvalue weighted by atomic mass is 19.4. The van der Waals surface area contributed by atoms with E-state index in [1.54, 1.807) is 7.05 Å². The fourth-order valence-corrected chi connectivity index (χ4v) is 1.79. The topological polar surface area (TPSA) is 61.4 Å². The third-order valence-electron chi connectivity index (χ3n) is 2.89. The number of nitrogens with one attached hydrogen (secondary N) is 2. The van der Waals surface area contributed by atoms with Crippen LogP contribution in [0, 0.1) is 0 Å². The number of aliphatic hydroxyl groups excluding tert-OH is 1. The quantitative estimate of drug-likeness (QED) is 0.666. The van der Waals surface area contributed by atoms with Gasteiger partial charge in [-0.15, -0.1) is 0 Å². The van der Waals surface area contributed by atoms with Gasteiger partial charge in [0.2, 0.25) is 5.91 Å². The van der Waals surface area contributed by atoms with Crippen LogP contribution in [-0.4, -0.2) is 37.3 Å². The molecule has 0 saturated carbocycles. The van der Waals surface area contributed by atoms with Gasteiger partial charge in [0, 0.05) is 13.0 Å². The summed E-state index contributed by atoms with van der Waals surface area (Å²) in [7, 11) is 1.78. The predicted molar refractivity (Wildman–Crippen MR) is 72.7 cm³/mol. The largest absolute Gasteiger partial charge is 0.416 e. The van der Waals surface area contributed by atoms with E-state index in [2.05, 4.69) is 10.6 Å². The molecule has 0 spiro atoms. The lowest BCUT2D eigenvalue weighted by Gasteiger charge is -2.13. The van der Waals surface area contributed by atoms with Crippen LogP contribution in [0.5, 0.6) is 0 Å². The van der Waals surface area contributed by atoms with E-state index in [9.17, 15) is 23.1 Å². The molecule has 0 aliphatic heterocycles. The molecule has 0 radical (unpaired) electrons. The fourth-order valence-electron chi connectivity index (χ4n) is 1.79. The van der Waals surface area contributed by atoms with Gasteiger partial charge in [0.25, 0.3) is 0 Å². The second kappa shape index (κ2) is 7.99. The Morgan fingerprint density at radius 1 is 1.33 bits per heavy atom. The van der Waals surface area contributed by atoms with Crippen molar-refractivity contribution in [1.82, 2.24) is 10.6 Å². The highest BCUT2D eigenvalue weighted by molar-refractivity contribution is 5.80. The zero-order valence-corrected chi connectivity index (χ0v) is 11.7. The van der Waals surface area contributed by atoms with Crippen molar-refractivity contribution >= 4 is 5.91 Å². The summed E-state index contributed by atoms with van der Waals surface area (Å²) >= 11 is 0. The van der Waals surface area contributed by atoms with E-state index in [1.165, 1.54) is 12.1 Å². The molecule has 1 amide bonds. The zero-order valence-electron chi connectivity index (χ0n) is 11.7. The molecule has 4 nitrogen and oxygen atoms in total. The van der Waals surface area contributed by atoms with E-state index < -0.39 is 23.8 Å². The lowest BCUT2D eigenvalue weighted by Crippen LogP contribution is -2.37. The van der Waals surface area contributed by atoms with E-state index in [0.29, 0.717) is 13.0 Å². The smallest absolute Gasteiger partial charge is 0.383 e.